The number of benzene rings is 1. The second-order valence-corrected chi connectivity index (χ2v) is 9.18. The molecule has 7 heteroatoms. The van der Waals surface area contributed by atoms with Gasteiger partial charge in [0, 0.05) is 12.3 Å². The lowest BCUT2D eigenvalue weighted by atomic mass is 10.1. The predicted octanol–water partition coefficient (Wildman–Crippen LogP) is 1.32. The molecule has 0 fully saturated rings. The molecule has 0 saturated carbocycles. The molecular weight excluding hydrogens is 298 g/mol. The lowest BCUT2D eigenvalue weighted by Crippen LogP contribution is -2.37. The second-order valence-electron chi connectivity index (χ2n) is 5.34. The van der Waals surface area contributed by atoms with Crippen molar-refractivity contribution in [2.75, 3.05) is 12.0 Å². The number of sulfonamides is 1. The Morgan fingerprint density at radius 2 is 1.50 bits per heavy atom. The van der Waals surface area contributed by atoms with E-state index in [0.29, 0.717) is 11.1 Å². The van der Waals surface area contributed by atoms with Crippen LogP contribution in [0.2, 0.25) is 0 Å². The summed E-state index contributed by atoms with van der Waals surface area (Å²) in [6.07, 6.45) is 1.08. The van der Waals surface area contributed by atoms with E-state index in [0.717, 1.165) is 11.8 Å². The van der Waals surface area contributed by atoms with Gasteiger partial charge in [-0.2, -0.15) is 0 Å². The van der Waals surface area contributed by atoms with Gasteiger partial charge in [-0.25, -0.2) is 21.6 Å². The van der Waals surface area contributed by atoms with Gasteiger partial charge in [-0.3, -0.25) is 0 Å². The highest BCUT2D eigenvalue weighted by Gasteiger charge is 2.23. The first kappa shape index (κ1) is 17.1. The van der Waals surface area contributed by atoms with Crippen LogP contribution in [0.25, 0.3) is 0 Å². The Labute approximate surface area is 121 Å². The van der Waals surface area contributed by atoms with Crippen LogP contribution in [0, 0.1) is 20.8 Å². The second kappa shape index (κ2) is 5.83. The summed E-state index contributed by atoms with van der Waals surface area (Å²) in [5.41, 5.74) is 2.30. The van der Waals surface area contributed by atoms with Crippen LogP contribution in [0.5, 0.6) is 0 Å². The summed E-state index contributed by atoms with van der Waals surface area (Å²) in [5.74, 6) is -0.226. The summed E-state index contributed by atoms with van der Waals surface area (Å²) in [6, 6.07) is 2.92. The van der Waals surface area contributed by atoms with Gasteiger partial charge in [0.05, 0.1) is 10.6 Å². The van der Waals surface area contributed by atoms with Gasteiger partial charge < -0.3 is 0 Å². The Kier molecular flexibility index (Phi) is 4.99. The minimum atomic E-state index is -3.72. The molecular formula is C13H21NO4S2. The number of hydrogen-bond donors (Lipinski definition) is 1. The van der Waals surface area contributed by atoms with E-state index in [1.54, 1.807) is 26.0 Å². The SMILES string of the molecule is Cc1cc(C)c(S(=O)(=O)NC(C)CS(C)(=O)=O)c(C)c1. The van der Waals surface area contributed by atoms with Crippen LogP contribution in [0.1, 0.15) is 23.6 Å². The zero-order valence-corrected chi connectivity index (χ0v) is 14.0. The molecule has 0 spiro atoms. The molecule has 0 heterocycles. The topological polar surface area (TPSA) is 80.3 Å². The van der Waals surface area contributed by atoms with Crippen LogP contribution in [-0.4, -0.2) is 34.9 Å². The summed E-state index contributed by atoms with van der Waals surface area (Å²) in [7, 11) is -6.96. The first-order valence-corrected chi connectivity index (χ1v) is 9.74. The molecule has 0 radical (unpaired) electrons. The van der Waals surface area contributed by atoms with Crippen molar-refractivity contribution < 1.29 is 16.8 Å². The molecule has 1 atom stereocenters. The van der Waals surface area contributed by atoms with E-state index < -0.39 is 25.9 Å². The van der Waals surface area contributed by atoms with Crippen LogP contribution >= 0.6 is 0 Å². The summed E-state index contributed by atoms with van der Waals surface area (Å²) in [4.78, 5) is 0.225. The minimum absolute atomic E-state index is 0.225. The molecule has 114 valence electrons. The van der Waals surface area contributed by atoms with Crippen LogP contribution in [-0.2, 0) is 19.9 Å². The van der Waals surface area contributed by atoms with E-state index in [2.05, 4.69) is 4.72 Å². The molecule has 0 saturated heterocycles. The number of rotatable bonds is 5. The highest BCUT2D eigenvalue weighted by Crippen LogP contribution is 2.21. The normalized spacial score (nSPS) is 14.2. The standard InChI is InChI=1S/C13H21NO4S2/c1-9-6-10(2)13(11(3)7-9)20(17,18)14-12(4)8-19(5,15)16/h6-7,12,14H,8H2,1-5H3. The number of hydrogen-bond acceptors (Lipinski definition) is 4. The van der Waals surface area contributed by atoms with E-state index >= 15 is 0 Å². The number of aryl methyl sites for hydroxylation is 3. The summed E-state index contributed by atoms with van der Waals surface area (Å²) in [6.45, 7) is 6.90. The first-order chi connectivity index (χ1) is 8.92. The molecule has 1 unspecified atom stereocenters. The van der Waals surface area contributed by atoms with Crippen LogP contribution in [0.4, 0.5) is 0 Å². The van der Waals surface area contributed by atoms with Crippen LogP contribution in [0.15, 0.2) is 17.0 Å². The van der Waals surface area contributed by atoms with E-state index in [1.165, 1.54) is 6.92 Å². The quantitative estimate of drug-likeness (QED) is 0.887. The molecule has 20 heavy (non-hydrogen) atoms. The Hall–Kier alpha value is -0.920. The average Bonchev–Trinajstić information content (AvgIpc) is 2.08. The third-order valence-electron chi connectivity index (χ3n) is 2.78. The molecule has 0 bridgehead atoms. The number of sulfone groups is 1. The number of nitrogens with one attached hydrogen (secondary N) is 1. The van der Waals surface area contributed by atoms with Crippen LogP contribution in [0.3, 0.4) is 0 Å². The summed E-state index contributed by atoms with van der Waals surface area (Å²) >= 11 is 0. The highest BCUT2D eigenvalue weighted by molar-refractivity contribution is 7.91. The van der Waals surface area contributed by atoms with Crippen molar-refractivity contribution >= 4 is 19.9 Å². The highest BCUT2D eigenvalue weighted by atomic mass is 32.2. The monoisotopic (exact) mass is 319 g/mol. The van der Waals surface area contributed by atoms with Gasteiger partial charge in [0.15, 0.2) is 0 Å². The zero-order chi connectivity index (χ0) is 15.7. The molecule has 1 aromatic rings. The van der Waals surface area contributed by atoms with Gasteiger partial charge in [0.1, 0.15) is 9.84 Å². The van der Waals surface area contributed by atoms with E-state index in [-0.39, 0.29) is 10.6 Å². The lowest BCUT2D eigenvalue weighted by molar-refractivity contribution is 0.563. The van der Waals surface area contributed by atoms with Gasteiger partial charge in [-0.1, -0.05) is 17.7 Å². The maximum Gasteiger partial charge on any atom is 0.241 e. The molecule has 0 aliphatic carbocycles. The molecule has 1 rings (SSSR count). The smallest absolute Gasteiger partial charge is 0.229 e. The minimum Gasteiger partial charge on any atom is -0.229 e. The fourth-order valence-corrected chi connectivity index (χ4v) is 5.20. The van der Waals surface area contributed by atoms with Gasteiger partial charge in [0.2, 0.25) is 10.0 Å². The molecule has 0 amide bonds. The van der Waals surface area contributed by atoms with Gasteiger partial charge in [0.25, 0.3) is 0 Å². The third-order valence-corrected chi connectivity index (χ3v) is 5.78. The fraction of sp³-hybridized carbons (Fsp3) is 0.538. The fourth-order valence-electron chi connectivity index (χ4n) is 2.40. The van der Waals surface area contributed by atoms with E-state index in [9.17, 15) is 16.8 Å². The summed E-state index contributed by atoms with van der Waals surface area (Å²) < 4.78 is 49.6. The maximum atomic E-state index is 12.4. The van der Waals surface area contributed by atoms with Crippen molar-refractivity contribution in [3.8, 4) is 0 Å². The van der Waals surface area contributed by atoms with Gasteiger partial charge in [-0.05, 0) is 38.8 Å². The molecule has 1 N–H and O–H groups in total. The Morgan fingerprint density at radius 1 is 1.05 bits per heavy atom. The third kappa shape index (κ3) is 4.57. The van der Waals surface area contributed by atoms with Gasteiger partial charge >= 0.3 is 0 Å². The molecule has 1 aromatic carbocycles. The van der Waals surface area contributed by atoms with E-state index in [1.807, 2.05) is 6.92 Å². The van der Waals surface area contributed by atoms with Crippen molar-refractivity contribution in [1.29, 1.82) is 0 Å². The van der Waals surface area contributed by atoms with Crippen molar-refractivity contribution in [1.82, 2.24) is 4.72 Å². The first-order valence-electron chi connectivity index (χ1n) is 6.20. The zero-order valence-electron chi connectivity index (χ0n) is 12.4. The predicted molar refractivity (Wildman–Crippen MR) is 80.1 cm³/mol. The Morgan fingerprint density at radius 3 is 1.90 bits per heavy atom. The molecule has 5 nitrogen and oxygen atoms in total. The van der Waals surface area contributed by atoms with Crippen LogP contribution < -0.4 is 4.72 Å². The molecule has 0 aliphatic heterocycles. The largest absolute Gasteiger partial charge is 0.241 e. The maximum absolute atomic E-state index is 12.4. The lowest BCUT2D eigenvalue weighted by Gasteiger charge is -2.16. The Bertz CT molecular complexity index is 683. The molecule has 0 aromatic heterocycles. The summed E-state index contributed by atoms with van der Waals surface area (Å²) in [5, 5.41) is 0. The van der Waals surface area contributed by atoms with Crippen molar-refractivity contribution in [3.63, 3.8) is 0 Å². The van der Waals surface area contributed by atoms with Crippen molar-refractivity contribution in [2.45, 2.75) is 38.6 Å². The molecule has 0 aliphatic rings. The van der Waals surface area contributed by atoms with Crippen molar-refractivity contribution in [3.05, 3.63) is 28.8 Å². The average molecular weight is 319 g/mol. The van der Waals surface area contributed by atoms with E-state index in [4.69, 9.17) is 0 Å². The van der Waals surface area contributed by atoms with Crippen molar-refractivity contribution in [2.24, 2.45) is 0 Å². The Balaban J connectivity index is 3.13. The van der Waals surface area contributed by atoms with Gasteiger partial charge in [-0.15, -0.1) is 0 Å².